The van der Waals surface area contributed by atoms with Gasteiger partial charge in [-0.2, -0.15) is 0 Å². The lowest BCUT2D eigenvalue weighted by Crippen LogP contribution is -2.53. The van der Waals surface area contributed by atoms with Crippen LogP contribution in [0.5, 0.6) is 0 Å². The van der Waals surface area contributed by atoms with Crippen molar-refractivity contribution in [3.63, 3.8) is 0 Å². The fourth-order valence-electron chi connectivity index (χ4n) is 2.64. The summed E-state index contributed by atoms with van der Waals surface area (Å²) in [5.41, 5.74) is 0.719. The molecule has 1 saturated heterocycles. The molecule has 0 aliphatic carbocycles. The van der Waals surface area contributed by atoms with Crippen LogP contribution in [0.4, 0.5) is 0 Å². The Morgan fingerprint density at radius 1 is 1.30 bits per heavy atom. The Bertz CT molecular complexity index is 467. The third kappa shape index (κ3) is 4.06. The van der Waals surface area contributed by atoms with Gasteiger partial charge in [0.2, 0.25) is 0 Å². The maximum absolute atomic E-state index is 12.2. The predicted octanol–water partition coefficient (Wildman–Crippen LogP) is 3.44. The normalized spacial score (nSPS) is 16.9. The van der Waals surface area contributed by atoms with Gasteiger partial charge in [0.1, 0.15) is 0 Å². The minimum Gasteiger partial charge on any atom is -0.350 e. The molecular weight excluding hydrogens is 316 g/mol. The van der Waals surface area contributed by atoms with Crippen molar-refractivity contribution in [1.29, 1.82) is 0 Å². The van der Waals surface area contributed by atoms with Crippen LogP contribution in [0.25, 0.3) is 0 Å². The summed E-state index contributed by atoms with van der Waals surface area (Å²) in [7, 11) is 0. The molecule has 0 radical (unpaired) electrons. The van der Waals surface area contributed by atoms with Crippen LogP contribution in [0.3, 0.4) is 0 Å². The third-order valence-corrected chi connectivity index (χ3v) is 4.47. The summed E-state index contributed by atoms with van der Waals surface area (Å²) in [6.45, 7) is 7.37. The van der Waals surface area contributed by atoms with E-state index >= 15 is 0 Å². The minimum absolute atomic E-state index is 0.00335. The number of carbonyl (C=O) groups is 1. The predicted molar refractivity (Wildman–Crippen MR) is 86.0 cm³/mol. The molecule has 0 atom stereocenters. The first-order chi connectivity index (χ1) is 9.49. The van der Waals surface area contributed by atoms with Gasteiger partial charge in [0.15, 0.2) is 0 Å². The van der Waals surface area contributed by atoms with Gasteiger partial charge in [-0.15, -0.1) is 0 Å². The fraction of sp³-hybridized carbons (Fsp3) is 0.562. The van der Waals surface area contributed by atoms with E-state index in [1.165, 1.54) is 19.3 Å². The van der Waals surface area contributed by atoms with Gasteiger partial charge in [-0.05, 0) is 58.0 Å². The first-order valence-corrected chi connectivity index (χ1v) is 8.07. The molecule has 1 amide bonds. The number of nitrogens with zero attached hydrogens (tertiary/aromatic N) is 1. The molecule has 1 aliphatic heterocycles. The van der Waals surface area contributed by atoms with Crippen LogP contribution < -0.4 is 5.32 Å². The topological polar surface area (TPSA) is 32.3 Å². The van der Waals surface area contributed by atoms with E-state index in [2.05, 4.69) is 40.0 Å². The second-order valence-electron chi connectivity index (χ2n) is 6.05. The molecule has 0 saturated carbocycles. The number of piperidine rings is 1. The first-order valence-electron chi connectivity index (χ1n) is 7.28. The number of carbonyl (C=O) groups excluding carboxylic acids is 1. The molecule has 110 valence electrons. The van der Waals surface area contributed by atoms with Gasteiger partial charge in [-0.3, -0.25) is 9.69 Å². The van der Waals surface area contributed by atoms with Crippen LogP contribution in [0.2, 0.25) is 0 Å². The van der Waals surface area contributed by atoms with E-state index in [0.717, 1.165) is 17.6 Å². The molecule has 1 aliphatic rings. The molecule has 20 heavy (non-hydrogen) atoms. The monoisotopic (exact) mass is 338 g/mol. The summed E-state index contributed by atoms with van der Waals surface area (Å²) in [5.74, 6) is -0.00335. The van der Waals surface area contributed by atoms with E-state index in [0.29, 0.717) is 12.1 Å². The summed E-state index contributed by atoms with van der Waals surface area (Å²) in [6.07, 6.45) is 3.86. The Morgan fingerprint density at radius 3 is 2.65 bits per heavy atom. The van der Waals surface area contributed by atoms with Crippen molar-refractivity contribution in [2.75, 3.05) is 19.6 Å². The van der Waals surface area contributed by atoms with Crippen LogP contribution >= 0.6 is 15.9 Å². The van der Waals surface area contributed by atoms with Crippen molar-refractivity contribution in [2.45, 2.75) is 38.6 Å². The second kappa shape index (κ2) is 6.72. The van der Waals surface area contributed by atoms with E-state index in [4.69, 9.17) is 0 Å². The highest BCUT2D eigenvalue weighted by molar-refractivity contribution is 9.10. The van der Waals surface area contributed by atoms with Crippen molar-refractivity contribution >= 4 is 21.8 Å². The Kier molecular flexibility index (Phi) is 5.22. The zero-order valence-electron chi connectivity index (χ0n) is 12.3. The molecule has 3 nitrogen and oxygen atoms in total. The molecular formula is C16H23BrN2O. The molecule has 0 unspecified atom stereocenters. The lowest BCUT2D eigenvalue weighted by molar-refractivity contribution is 0.0797. The smallest absolute Gasteiger partial charge is 0.251 e. The van der Waals surface area contributed by atoms with Gasteiger partial charge in [0.25, 0.3) is 5.91 Å². The lowest BCUT2D eigenvalue weighted by atomic mass is 9.98. The van der Waals surface area contributed by atoms with E-state index in [-0.39, 0.29) is 11.4 Å². The SMILES string of the molecule is CC(C)(CNC(=O)c1cccc(Br)c1)N1CCCCC1. The van der Waals surface area contributed by atoms with Crippen LogP contribution in [-0.4, -0.2) is 36.0 Å². The maximum Gasteiger partial charge on any atom is 0.251 e. The molecule has 1 fully saturated rings. The Labute approximate surface area is 129 Å². The molecule has 1 heterocycles. The van der Waals surface area contributed by atoms with Crippen LogP contribution in [-0.2, 0) is 0 Å². The number of amides is 1. The van der Waals surface area contributed by atoms with Crippen LogP contribution in [0.15, 0.2) is 28.7 Å². The highest BCUT2D eigenvalue weighted by Gasteiger charge is 2.28. The van der Waals surface area contributed by atoms with Crippen molar-refractivity contribution in [3.05, 3.63) is 34.3 Å². The lowest BCUT2D eigenvalue weighted by Gasteiger charge is -2.41. The highest BCUT2D eigenvalue weighted by Crippen LogP contribution is 2.20. The van der Waals surface area contributed by atoms with E-state index in [1.54, 1.807) is 0 Å². The van der Waals surface area contributed by atoms with Gasteiger partial charge in [0, 0.05) is 22.1 Å². The number of hydrogen-bond acceptors (Lipinski definition) is 2. The van der Waals surface area contributed by atoms with Crippen LogP contribution in [0, 0.1) is 0 Å². The number of benzene rings is 1. The highest BCUT2D eigenvalue weighted by atomic mass is 79.9. The Morgan fingerprint density at radius 2 is 2.00 bits per heavy atom. The summed E-state index contributed by atoms with van der Waals surface area (Å²) >= 11 is 3.40. The molecule has 1 N–H and O–H groups in total. The van der Waals surface area contributed by atoms with Crippen molar-refractivity contribution in [2.24, 2.45) is 0 Å². The average Bonchev–Trinajstić information content (AvgIpc) is 2.46. The number of hydrogen-bond donors (Lipinski definition) is 1. The summed E-state index contributed by atoms with van der Waals surface area (Å²) < 4.78 is 0.931. The van der Waals surface area contributed by atoms with Crippen molar-refractivity contribution in [3.8, 4) is 0 Å². The first kappa shape index (κ1) is 15.5. The van der Waals surface area contributed by atoms with Gasteiger partial charge >= 0.3 is 0 Å². The Balaban J connectivity index is 1.91. The van der Waals surface area contributed by atoms with Gasteiger partial charge in [0.05, 0.1) is 0 Å². The van der Waals surface area contributed by atoms with Crippen molar-refractivity contribution < 1.29 is 4.79 Å². The van der Waals surface area contributed by atoms with E-state index in [9.17, 15) is 4.79 Å². The van der Waals surface area contributed by atoms with E-state index in [1.807, 2.05) is 24.3 Å². The number of nitrogens with one attached hydrogen (secondary N) is 1. The third-order valence-electron chi connectivity index (χ3n) is 3.98. The number of rotatable bonds is 4. The van der Waals surface area contributed by atoms with Gasteiger partial charge in [-0.1, -0.05) is 28.4 Å². The average molecular weight is 339 g/mol. The molecule has 0 bridgehead atoms. The standard InChI is InChI=1S/C16H23BrN2O/c1-16(2,19-9-4-3-5-10-19)12-18-15(20)13-7-6-8-14(17)11-13/h6-8,11H,3-5,9-10,12H2,1-2H3,(H,18,20). The largest absolute Gasteiger partial charge is 0.350 e. The second-order valence-corrected chi connectivity index (χ2v) is 6.97. The quantitative estimate of drug-likeness (QED) is 0.911. The summed E-state index contributed by atoms with van der Waals surface area (Å²) in [6, 6.07) is 7.50. The van der Waals surface area contributed by atoms with Crippen LogP contribution in [0.1, 0.15) is 43.5 Å². The Hall–Kier alpha value is -0.870. The van der Waals surface area contributed by atoms with Crippen molar-refractivity contribution in [1.82, 2.24) is 10.2 Å². The molecule has 1 aromatic rings. The zero-order chi connectivity index (χ0) is 14.6. The molecule has 0 aromatic heterocycles. The van der Waals surface area contributed by atoms with Gasteiger partial charge in [-0.25, -0.2) is 0 Å². The molecule has 1 aromatic carbocycles. The summed E-state index contributed by atoms with van der Waals surface area (Å²) in [5, 5.41) is 3.06. The zero-order valence-corrected chi connectivity index (χ0v) is 13.9. The number of halogens is 1. The molecule has 2 rings (SSSR count). The number of likely N-dealkylation sites (tertiary alicyclic amines) is 1. The van der Waals surface area contributed by atoms with Gasteiger partial charge < -0.3 is 5.32 Å². The fourth-order valence-corrected chi connectivity index (χ4v) is 3.04. The molecule has 0 spiro atoms. The maximum atomic E-state index is 12.2. The summed E-state index contributed by atoms with van der Waals surface area (Å²) in [4.78, 5) is 14.7. The minimum atomic E-state index is -0.00335. The molecule has 4 heteroatoms. The van der Waals surface area contributed by atoms with E-state index < -0.39 is 0 Å².